The second kappa shape index (κ2) is 7.67. The molecule has 0 bridgehead atoms. The third kappa shape index (κ3) is 3.83. The lowest BCUT2D eigenvalue weighted by atomic mass is 10.0. The number of rotatable bonds is 4. The van der Waals surface area contributed by atoms with Crippen LogP contribution < -0.4 is 0 Å². The van der Waals surface area contributed by atoms with E-state index in [1.54, 1.807) is 29.6 Å². The topological polar surface area (TPSA) is 80.6 Å². The third-order valence-corrected chi connectivity index (χ3v) is 5.93. The quantitative estimate of drug-likeness (QED) is 0.746. The Bertz CT molecular complexity index is 844. The molecule has 1 aliphatic rings. The zero-order valence-corrected chi connectivity index (χ0v) is 17.1. The van der Waals surface area contributed by atoms with Crippen molar-refractivity contribution in [2.24, 2.45) is 7.05 Å². The molecule has 2 aromatic heterocycles. The van der Waals surface area contributed by atoms with E-state index in [1.165, 1.54) is 12.0 Å². The van der Waals surface area contributed by atoms with Gasteiger partial charge in [0.1, 0.15) is 6.04 Å². The number of amides is 2. The summed E-state index contributed by atoms with van der Waals surface area (Å²) in [4.78, 5) is 37.5. The Labute approximate surface area is 162 Å². The van der Waals surface area contributed by atoms with E-state index in [1.807, 2.05) is 17.0 Å². The molecule has 0 fully saturated rings. The smallest absolute Gasteiger partial charge is 0.329 e. The maximum Gasteiger partial charge on any atom is 0.329 e. The minimum atomic E-state index is -0.658. The number of imidazole rings is 1. The number of carbonyl (C=O) groups excluding carboxylic acids is 2. The van der Waals surface area contributed by atoms with Gasteiger partial charge in [0.15, 0.2) is 0 Å². The van der Waals surface area contributed by atoms with Crippen LogP contribution in [-0.4, -0.2) is 56.5 Å². The maximum absolute atomic E-state index is 13.1. The number of nitrogens with zero attached hydrogens (tertiary/aromatic N) is 5. The van der Waals surface area contributed by atoms with Gasteiger partial charge in [-0.2, -0.15) is 0 Å². The normalized spacial score (nSPS) is 16.4. The Morgan fingerprint density at radius 1 is 1.44 bits per heavy atom. The van der Waals surface area contributed by atoms with Crippen LogP contribution in [0.4, 0.5) is 4.79 Å². The molecule has 9 heteroatoms. The molecule has 27 heavy (non-hydrogen) atoms. The van der Waals surface area contributed by atoms with Crippen LogP contribution in [0.2, 0.25) is 0 Å². The van der Waals surface area contributed by atoms with Gasteiger partial charge in [0.25, 0.3) is 0 Å². The lowest BCUT2D eigenvalue weighted by Crippen LogP contribution is -2.53. The highest BCUT2D eigenvalue weighted by Gasteiger charge is 2.38. The second-order valence-electron chi connectivity index (χ2n) is 7.09. The predicted molar refractivity (Wildman–Crippen MR) is 101 cm³/mol. The number of esters is 1. The molecule has 1 aliphatic heterocycles. The van der Waals surface area contributed by atoms with Crippen molar-refractivity contribution in [3.63, 3.8) is 0 Å². The van der Waals surface area contributed by atoms with Crippen molar-refractivity contribution in [1.82, 2.24) is 24.3 Å². The molecule has 0 unspecified atom stereocenters. The van der Waals surface area contributed by atoms with Gasteiger partial charge in [0.2, 0.25) is 0 Å². The van der Waals surface area contributed by atoms with E-state index in [4.69, 9.17) is 4.74 Å². The lowest BCUT2D eigenvalue weighted by Gasteiger charge is -2.36. The van der Waals surface area contributed by atoms with Gasteiger partial charge >= 0.3 is 12.0 Å². The first kappa shape index (κ1) is 19.3. The molecule has 0 saturated heterocycles. The first-order valence-corrected chi connectivity index (χ1v) is 9.72. The van der Waals surface area contributed by atoms with Crippen LogP contribution in [-0.2, 0) is 36.1 Å². The van der Waals surface area contributed by atoms with Crippen molar-refractivity contribution in [3.8, 4) is 0 Å². The molecule has 3 heterocycles. The lowest BCUT2D eigenvalue weighted by molar-refractivity contribution is -0.146. The summed E-state index contributed by atoms with van der Waals surface area (Å²) in [5, 5.41) is 3.03. The van der Waals surface area contributed by atoms with Crippen molar-refractivity contribution in [2.75, 3.05) is 14.2 Å². The summed E-state index contributed by atoms with van der Waals surface area (Å²) in [5.74, 6) is -0.0579. The molecule has 0 N–H and O–H groups in total. The molecule has 2 amide bonds. The molecule has 3 rings (SSSR count). The van der Waals surface area contributed by atoms with Crippen LogP contribution in [0.3, 0.4) is 0 Å². The second-order valence-corrected chi connectivity index (χ2v) is 7.98. The van der Waals surface area contributed by atoms with E-state index in [2.05, 4.69) is 23.8 Å². The number of thiazole rings is 1. The molecular weight excluding hydrogens is 366 g/mol. The number of urea groups is 1. The molecule has 0 saturated carbocycles. The van der Waals surface area contributed by atoms with Gasteiger partial charge < -0.3 is 19.1 Å². The monoisotopic (exact) mass is 391 g/mol. The summed E-state index contributed by atoms with van der Waals surface area (Å²) in [6, 6.07) is -0.893. The molecule has 0 aliphatic carbocycles. The van der Waals surface area contributed by atoms with Crippen molar-refractivity contribution >= 4 is 23.3 Å². The van der Waals surface area contributed by atoms with E-state index in [9.17, 15) is 9.59 Å². The van der Waals surface area contributed by atoms with Gasteiger partial charge in [-0.15, -0.1) is 11.3 Å². The molecule has 0 spiro atoms. The summed E-state index contributed by atoms with van der Waals surface area (Å²) in [6.07, 6.45) is 2.10. The first-order chi connectivity index (χ1) is 12.8. The number of fused-ring (bicyclic) bond motifs is 1. The van der Waals surface area contributed by atoms with E-state index >= 15 is 0 Å². The van der Waals surface area contributed by atoms with Gasteiger partial charge in [-0.3, -0.25) is 0 Å². The highest BCUT2D eigenvalue weighted by atomic mass is 32.1. The van der Waals surface area contributed by atoms with Crippen LogP contribution in [0, 0.1) is 0 Å². The Balaban J connectivity index is 1.78. The number of aromatic nitrogens is 3. The third-order valence-electron chi connectivity index (χ3n) is 4.74. The highest BCUT2D eigenvalue weighted by Crippen LogP contribution is 2.25. The molecular formula is C18H25N5O3S. The Hall–Kier alpha value is -2.42. The predicted octanol–water partition coefficient (Wildman–Crippen LogP) is 2.15. The summed E-state index contributed by atoms with van der Waals surface area (Å²) >= 11 is 1.60. The number of ether oxygens (including phenoxy) is 1. The summed E-state index contributed by atoms with van der Waals surface area (Å²) in [7, 11) is 4.95. The molecule has 0 radical (unpaired) electrons. The molecule has 146 valence electrons. The molecule has 2 aromatic rings. The van der Waals surface area contributed by atoms with Gasteiger partial charge in [-0.25, -0.2) is 19.6 Å². The minimum absolute atomic E-state index is 0.235. The van der Waals surface area contributed by atoms with Crippen LogP contribution in [0.25, 0.3) is 0 Å². The first-order valence-electron chi connectivity index (χ1n) is 8.84. The van der Waals surface area contributed by atoms with Gasteiger partial charge in [0.05, 0.1) is 42.9 Å². The average molecular weight is 391 g/mol. The van der Waals surface area contributed by atoms with E-state index in [0.29, 0.717) is 18.9 Å². The van der Waals surface area contributed by atoms with Gasteiger partial charge in [-0.1, -0.05) is 13.8 Å². The van der Waals surface area contributed by atoms with Crippen LogP contribution in [0.15, 0.2) is 11.7 Å². The van der Waals surface area contributed by atoms with Crippen molar-refractivity contribution in [3.05, 3.63) is 33.8 Å². The number of methoxy groups -OCH3 is 1. The van der Waals surface area contributed by atoms with Gasteiger partial charge in [0, 0.05) is 37.5 Å². The SMILES string of the molecule is COC(=O)[C@@H]1Cc2c(ncn2C)CN1C(=O)N(C)Cc1csc(C(C)C)n1. The standard InChI is InChI=1S/C18H25N5O3S/c1-11(2)16-20-12(9-27-16)7-21(3)18(25)23-8-13-14(22(4)10-19-13)6-15(23)17(24)26-5/h9-11,15H,6-8H2,1-5H3/t15-/m0/s1. The van der Waals surface area contributed by atoms with Crippen molar-refractivity contribution in [2.45, 2.75) is 45.3 Å². The number of carbonyl (C=O) groups is 2. The highest BCUT2D eigenvalue weighted by molar-refractivity contribution is 7.09. The average Bonchev–Trinajstić information content (AvgIpc) is 3.26. The summed E-state index contributed by atoms with van der Waals surface area (Å²) in [5.41, 5.74) is 2.62. The summed E-state index contributed by atoms with van der Waals surface area (Å²) < 4.78 is 6.83. The van der Waals surface area contributed by atoms with Gasteiger partial charge in [-0.05, 0) is 0 Å². The van der Waals surface area contributed by atoms with E-state index in [0.717, 1.165) is 22.1 Å². The van der Waals surface area contributed by atoms with Crippen LogP contribution in [0.1, 0.15) is 41.9 Å². The Morgan fingerprint density at radius 2 is 2.19 bits per heavy atom. The van der Waals surface area contributed by atoms with E-state index < -0.39 is 12.0 Å². The fraction of sp³-hybridized carbons (Fsp3) is 0.556. The molecule has 8 nitrogen and oxygen atoms in total. The zero-order chi connectivity index (χ0) is 19.7. The number of aryl methyl sites for hydroxylation is 1. The zero-order valence-electron chi connectivity index (χ0n) is 16.3. The van der Waals surface area contributed by atoms with E-state index in [-0.39, 0.29) is 12.6 Å². The molecule has 1 atom stereocenters. The maximum atomic E-state index is 13.1. The number of hydrogen-bond acceptors (Lipinski definition) is 6. The minimum Gasteiger partial charge on any atom is -0.467 e. The van der Waals surface area contributed by atoms with Crippen LogP contribution in [0.5, 0.6) is 0 Å². The van der Waals surface area contributed by atoms with Crippen molar-refractivity contribution < 1.29 is 14.3 Å². The van der Waals surface area contributed by atoms with Crippen molar-refractivity contribution in [1.29, 1.82) is 0 Å². The summed E-state index contributed by atoms with van der Waals surface area (Å²) in [6.45, 7) is 4.86. The fourth-order valence-corrected chi connectivity index (χ4v) is 4.03. The fourth-order valence-electron chi connectivity index (χ4n) is 3.20. The largest absolute Gasteiger partial charge is 0.467 e. The van der Waals surface area contributed by atoms with Crippen LogP contribution >= 0.6 is 11.3 Å². The molecule has 0 aromatic carbocycles. The number of hydrogen-bond donors (Lipinski definition) is 0. The Kier molecular flexibility index (Phi) is 5.50. The Morgan fingerprint density at radius 3 is 2.81 bits per heavy atom.